The molecule has 0 spiro atoms. The molecule has 1 aliphatic heterocycles. The number of amides is 1. The van der Waals surface area contributed by atoms with E-state index in [4.69, 9.17) is 9.63 Å². The van der Waals surface area contributed by atoms with E-state index in [-0.39, 0.29) is 18.6 Å². The van der Waals surface area contributed by atoms with Gasteiger partial charge in [0.2, 0.25) is 0 Å². The minimum atomic E-state index is 0.00388. The van der Waals surface area contributed by atoms with Gasteiger partial charge >= 0.3 is 0 Å². The Balaban J connectivity index is 2.06. The minimum Gasteiger partial charge on any atom is -0.396 e. The summed E-state index contributed by atoms with van der Waals surface area (Å²) in [7, 11) is 0. The van der Waals surface area contributed by atoms with Crippen molar-refractivity contribution in [3.8, 4) is 0 Å². The first-order chi connectivity index (χ1) is 8.24. The zero-order valence-electron chi connectivity index (χ0n) is 10.1. The lowest BCUT2D eigenvalue weighted by molar-refractivity contribution is 0.0722. The third kappa shape index (κ3) is 2.49. The van der Waals surface area contributed by atoms with Gasteiger partial charge in [-0.25, -0.2) is 0 Å². The van der Waals surface area contributed by atoms with E-state index in [1.54, 1.807) is 6.92 Å². The first-order valence-electron chi connectivity index (χ1n) is 6.07. The van der Waals surface area contributed by atoms with E-state index in [0.717, 1.165) is 32.2 Å². The van der Waals surface area contributed by atoms with E-state index in [0.29, 0.717) is 11.3 Å². The monoisotopic (exact) mass is 238 g/mol. The molecule has 5 nitrogen and oxygen atoms in total. The summed E-state index contributed by atoms with van der Waals surface area (Å²) >= 11 is 0. The van der Waals surface area contributed by atoms with Crippen LogP contribution in [0.1, 0.15) is 41.8 Å². The van der Waals surface area contributed by atoms with Gasteiger partial charge in [0.15, 0.2) is 0 Å². The molecule has 2 rings (SSSR count). The van der Waals surface area contributed by atoms with Gasteiger partial charge < -0.3 is 14.5 Å². The SMILES string of the molecule is Cc1oncc1C(=O)N1CCCC1CCCO. The van der Waals surface area contributed by atoms with Gasteiger partial charge in [0.1, 0.15) is 11.3 Å². The summed E-state index contributed by atoms with van der Waals surface area (Å²) in [6.07, 6.45) is 5.16. The van der Waals surface area contributed by atoms with Gasteiger partial charge in [-0.3, -0.25) is 4.79 Å². The number of aliphatic hydroxyl groups is 1. The van der Waals surface area contributed by atoms with Gasteiger partial charge in [-0.1, -0.05) is 5.16 Å². The van der Waals surface area contributed by atoms with Gasteiger partial charge in [-0.2, -0.15) is 0 Å². The van der Waals surface area contributed by atoms with Crippen molar-refractivity contribution in [2.45, 2.75) is 38.6 Å². The van der Waals surface area contributed by atoms with E-state index in [9.17, 15) is 4.79 Å². The van der Waals surface area contributed by atoms with Crippen molar-refractivity contribution in [2.75, 3.05) is 13.2 Å². The maximum absolute atomic E-state index is 12.3. The molecule has 1 saturated heterocycles. The number of carbonyl (C=O) groups excluding carboxylic acids is 1. The number of hydrogen-bond acceptors (Lipinski definition) is 4. The van der Waals surface area contributed by atoms with Crippen molar-refractivity contribution in [1.29, 1.82) is 0 Å². The van der Waals surface area contributed by atoms with Crippen LogP contribution in [0.4, 0.5) is 0 Å². The number of aryl methyl sites for hydroxylation is 1. The van der Waals surface area contributed by atoms with Gasteiger partial charge in [-0.05, 0) is 32.6 Å². The van der Waals surface area contributed by atoms with Crippen LogP contribution in [-0.4, -0.2) is 40.3 Å². The van der Waals surface area contributed by atoms with Crippen LogP contribution in [0, 0.1) is 6.92 Å². The Hall–Kier alpha value is -1.36. The van der Waals surface area contributed by atoms with Crippen molar-refractivity contribution in [1.82, 2.24) is 10.1 Å². The first kappa shape index (κ1) is 12.1. The van der Waals surface area contributed by atoms with E-state index in [1.807, 2.05) is 4.90 Å². The molecule has 0 aromatic carbocycles. The molecule has 1 N–H and O–H groups in total. The molecule has 0 radical (unpaired) electrons. The van der Waals surface area contributed by atoms with Crippen molar-refractivity contribution in [3.05, 3.63) is 17.5 Å². The summed E-state index contributed by atoms with van der Waals surface area (Å²) in [4.78, 5) is 14.1. The number of aliphatic hydroxyl groups excluding tert-OH is 1. The summed E-state index contributed by atoms with van der Waals surface area (Å²) in [5.41, 5.74) is 0.556. The smallest absolute Gasteiger partial charge is 0.259 e. The first-order valence-corrected chi connectivity index (χ1v) is 6.07. The topological polar surface area (TPSA) is 66.6 Å². The molecule has 1 unspecified atom stereocenters. The van der Waals surface area contributed by atoms with Crippen LogP contribution < -0.4 is 0 Å². The second kappa shape index (κ2) is 5.31. The van der Waals surface area contributed by atoms with Crippen LogP contribution in [-0.2, 0) is 0 Å². The van der Waals surface area contributed by atoms with Gasteiger partial charge in [-0.15, -0.1) is 0 Å². The normalized spacial score (nSPS) is 19.9. The van der Waals surface area contributed by atoms with Gasteiger partial charge in [0.25, 0.3) is 5.91 Å². The molecule has 1 aliphatic rings. The summed E-state index contributed by atoms with van der Waals surface area (Å²) < 4.78 is 4.92. The highest BCUT2D eigenvalue weighted by molar-refractivity contribution is 5.95. The highest BCUT2D eigenvalue weighted by Gasteiger charge is 2.30. The quantitative estimate of drug-likeness (QED) is 0.860. The molecule has 1 aromatic rings. The molecule has 1 amide bonds. The highest BCUT2D eigenvalue weighted by atomic mass is 16.5. The van der Waals surface area contributed by atoms with Crippen LogP contribution in [0.15, 0.2) is 10.7 Å². The lowest BCUT2D eigenvalue weighted by Gasteiger charge is -2.24. The average Bonchev–Trinajstić information content (AvgIpc) is 2.94. The van der Waals surface area contributed by atoms with E-state index in [2.05, 4.69) is 5.16 Å². The molecular weight excluding hydrogens is 220 g/mol. The minimum absolute atomic E-state index is 0.00388. The number of likely N-dealkylation sites (tertiary alicyclic amines) is 1. The summed E-state index contributed by atoms with van der Waals surface area (Å²) in [5, 5.41) is 12.5. The molecule has 1 atom stereocenters. The summed E-state index contributed by atoms with van der Waals surface area (Å²) in [5.74, 6) is 0.576. The maximum atomic E-state index is 12.3. The fraction of sp³-hybridized carbons (Fsp3) is 0.667. The average molecular weight is 238 g/mol. The fourth-order valence-corrected chi connectivity index (χ4v) is 2.39. The predicted octanol–water partition coefficient (Wildman–Crippen LogP) is 1.36. The molecule has 0 saturated carbocycles. The summed E-state index contributed by atoms with van der Waals surface area (Å²) in [6, 6.07) is 0.254. The van der Waals surface area contributed by atoms with E-state index >= 15 is 0 Å². The zero-order chi connectivity index (χ0) is 12.3. The van der Waals surface area contributed by atoms with Crippen LogP contribution in [0.3, 0.4) is 0 Å². The van der Waals surface area contributed by atoms with Crippen molar-refractivity contribution >= 4 is 5.91 Å². The van der Waals surface area contributed by atoms with Crippen LogP contribution in [0.2, 0.25) is 0 Å². The van der Waals surface area contributed by atoms with Crippen molar-refractivity contribution in [3.63, 3.8) is 0 Å². The number of carbonyl (C=O) groups is 1. The summed E-state index contributed by atoms with van der Waals surface area (Å²) in [6.45, 7) is 2.73. The highest BCUT2D eigenvalue weighted by Crippen LogP contribution is 2.24. The second-order valence-electron chi connectivity index (χ2n) is 4.46. The number of nitrogens with zero attached hydrogens (tertiary/aromatic N) is 2. The van der Waals surface area contributed by atoms with Crippen molar-refractivity contribution < 1.29 is 14.4 Å². The zero-order valence-corrected chi connectivity index (χ0v) is 10.1. The molecule has 1 fully saturated rings. The molecule has 1 aromatic heterocycles. The number of aromatic nitrogens is 1. The van der Waals surface area contributed by atoms with Crippen molar-refractivity contribution in [2.24, 2.45) is 0 Å². The lowest BCUT2D eigenvalue weighted by atomic mass is 10.1. The Bertz CT molecular complexity index is 389. The Morgan fingerprint density at radius 2 is 2.53 bits per heavy atom. The van der Waals surface area contributed by atoms with E-state index in [1.165, 1.54) is 6.20 Å². The Labute approximate surface area is 100 Å². The Morgan fingerprint density at radius 3 is 3.18 bits per heavy atom. The molecule has 0 aliphatic carbocycles. The molecule has 0 bridgehead atoms. The standard InChI is InChI=1S/C12H18N2O3/c1-9-11(8-13-17-9)12(16)14-6-2-4-10(14)5-3-7-15/h8,10,15H,2-7H2,1H3. The lowest BCUT2D eigenvalue weighted by Crippen LogP contribution is -2.35. The fourth-order valence-electron chi connectivity index (χ4n) is 2.39. The Morgan fingerprint density at radius 1 is 1.71 bits per heavy atom. The molecular formula is C12H18N2O3. The largest absolute Gasteiger partial charge is 0.396 e. The number of rotatable bonds is 4. The molecule has 2 heterocycles. The maximum Gasteiger partial charge on any atom is 0.259 e. The van der Waals surface area contributed by atoms with E-state index < -0.39 is 0 Å². The predicted molar refractivity (Wildman–Crippen MR) is 61.6 cm³/mol. The van der Waals surface area contributed by atoms with Gasteiger partial charge in [0, 0.05) is 19.2 Å². The Kier molecular flexibility index (Phi) is 3.78. The van der Waals surface area contributed by atoms with Gasteiger partial charge in [0.05, 0.1) is 6.20 Å². The van der Waals surface area contributed by atoms with Crippen LogP contribution in [0.25, 0.3) is 0 Å². The molecule has 94 valence electrons. The van der Waals surface area contributed by atoms with Crippen LogP contribution >= 0.6 is 0 Å². The molecule has 17 heavy (non-hydrogen) atoms. The third-order valence-electron chi connectivity index (χ3n) is 3.31. The number of hydrogen-bond donors (Lipinski definition) is 1. The third-order valence-corrected chi connectivity index (χ3v) is 3.31. The molecule has 5 heteroatoms. The second-order valence-corrected chi connectivity index (χ2v) is 4.46. The van der Waals surface area contributed by atoms with Crippen LogP contribution in [0.5, 0.6) is 0 Å².